The molecule has 0 bridgehead atoms. The summed E-state index contributed by atoms with van der Waals surface area (Å²) in [5.74, 6) is -16.4. The van der Waals surface area contributed by atoms with Crippen LogP contribution in [-0.4, -0.2) is 53.5 Å². The van der Waals surface area contributed by atoms with Gasteiger partial charge in [0.2, 0.25) is 23.4 Å². The van der Waals surface area contributed by atoms with Gasteiger partial charge < -0.3 is 30.0 Å². The molecule has 3 rings (SSSR count). The van der Waals surface area contributed by atoms with Gasteiger partial charge in [-0.1, -0.05) is 80.4 Å². The fourth-order valence-corrected chi connectivity index (χ4v) is 4.47. The van der Waals surface area contributed by atoms with Gasteiger partial charge in [0, 0.05) is 24.9 Å². The van der Waals surface area contributed by atoms with E-state index in [9.17, 15) is 24.0 Å². The number of carbonyl (C=O) groups is 5. The third-order valence-corrected chi connectivity index (χ3v) is 7.13. The summed E-state index contributed by atoms with van der Waals surface area (Å²) < 4.78 is 76.9. The normalized spacial score (nSPS) is 11.4. The zero-order valence-electron chi connectivity index (χ0n) is 27.0. The topological polar surface area (TPSA) is 157 Å². The van der Waals surface area contributed by atoms with Gasteiger partial charge in [0.15, 0.2) is 17.4 Å². The number of hydrogen-bond acceptors (Lipinski definition) is 8. The molecular formula is C35H36F4N2O9. The van der Waals surface area contributed by atoms with E-state index in [0.717, 1.165) is 12.8 Å². The maximum atomic E-state index is 15.4. The van der Waals surface area contributed by atoms with E-state index in [4.69, 9.17) is 19.3 Å². The molecule has 0 radical (unpaired) electrons. The predicted octanol–water partition coefficient (Wildman–Crippen LogP) is 4.68. The van der Waals surface area contributed by atoms with Gasteiger partial charge in [0.1, 0.15) is 19.3 Å². The molecule has 1 atom stereocenters. The first-order chi connectivity index (χ1) is 23.9. The standard InChI is InChI=1S/C35H36F4N2O9/c1-2-3-10-17-40-33(45)24(41-25(42)15-16-26(43)44)18-23-27(36)29(38)31(30(39)28(23)37)50-32(34(46)48-19-21-11-6-4-7-12-21)35(47)49-20-22-13-8-5-9-14-22/h4-9,11-14,24,32H,2-3,10,15-20H2,1H3,(H,40,45)(H,41,42)(H,43,44). The molecule has 3 aromatic carbocycles. The molecule has 0 aliphatic rings. The molecule has 3 aromatic rings. The summed E-state index contributed by atoms with van der Waals surface area (Å²) in [7, 11) is 0. The Hall–Kier alpha value is -5.47. The van der Waals surface area contributed by atoms with E-state index in [2.05, 4.69) is 10.6 Å². The van der Waals surface area contributed by atoms with Crippen molar-refractivity contribution in [3.63, 3.8) is 0 Å². The fraction of sp³-hybridized carbons (Fsp3) is 0.343. The number of unbranched alkanes of at least 4 members (excludes halogenated alkanes) is 2. The minimum atomic E-state index is -2.54. The molecular weight excluding hydrogens is 668 g/mol. The predicted molar refractivity (Wildman–Crippen MR) is 168 cm³/mol. The second-order valence-corrected chi connectivity index (χ2v) is 11.0. The van der Waals surface area contributed by atoms with Crippen molar-refractivity contribution in [2.45, 2.75) is 70.8 Å². The molecule has 2 amide bonds. The van der Waals surface area contributed by atoms with Crippen LogP contribution in [-0.2, 0) is 53.1 Å². The summed E-state index contributed by atoms with van der Waals surface area (Å²) in [4.78, 5) is 62.0. The lowest BCUT2D eigenvalue weighted by molar-refractivity contribution is -0.168. The lowest BCUT2D eigenvalue weighted by Gasteiger charge is -2.21. The molecule has 0 aliphatic carbocycles. The van der Waals surface area contributed by atoms with Gasteiger partial charge in [-0.25, -0.2) is 18.4 Å². The van der Waals surface area contributed by atoms with Gasteiger partial charge in [-0.15, -0.1) is 0 Å². The third kappa shape index (κ3) is 11.6. The SMILES string of the molecule is CCCCCNC(=O)C(Cc1c(F)c(F)c(OC(C(=O)OCc2ccccc2)C(=O)OCc2ccccc2)c(F)c1F)NC(=O)CCC(=O)O. The van der Waals surface area contributed by atoms with Crippen molar-refractivity contribution in [1.29, 1.82) is 0 Å². The lowest BCUT2D eigenvalue weighted by Crippen LogP contribution is -2.48. The Labute approximate surface area is 284 Å². The Morgan fingerprint density at radius 3 is 1.74 bits per heavy atom. The van der Waals surface area contributed by atoms with Crippen molar-refractivity contribution < 1.29 is 60.9 Å². The van der Waals surface area contributed by atoms with Crippen LogP contribution in [0.3, 0.4) is 0 Å². The third-order valence-electron chi connectivity index (χ3n) is 7.13. The van der Waals surface area contributed by atoms with Crippen LogP contribution in [0.25, 0.3) is 0 Å². The van der Waals surface area contributed by atoms with Crippen LogP contribution < -0.4 is 15.4 Å². The first kappa shape index (κ1) is 39.0. The molecule has 50 heavy (non-hydrogen) atoms. The first-order valence-electron chi connectivity index (χ1n) is 15.6. The molecule has 1 unspecified atom stereocenters. The number of amides is 2. The van der Waals surface area contributed by atoms with Gasteiger partial charge in [0.05, 0.1) is 6.42 Å². The van der Waals surface area contributed by atoms with Crippen molar-refractivity contribution in [1.82, 2.24) is 10.6 Å². The van der Waals surface area contributed by atoms with Crippen LogP contribution in [0.4, 0.5) is 17.6 Å². The van der Waals surface area contributed by atoms with Gasteiger partial charge in [0.25, 0.3) is 6.10 Å². The monoisotopic (exact) mass is 704 g/mol. The number of halogens is 4. The number of carbonyl (C=O) groups excluding carboxylic acids is 4. The number of esters is 2. The minimum Gasteiger partial charge on any atom is -0.481 e. The number of carboxylic acid groups (broad SMARTS) is 1. The summed E-state index contributed by atoms with van der Waals surface area (Å²) in [6.07, 6.45) is -2.84. The van der Waals surface area contributed by atoms with E-state index in [0.29, 0.717) is 17.5 Å². The van der Waals surface area contributed by atoms with Crippen LogP contribution >= 0.6 is 0 Å². The summed E-state index contributed by atoms with van der Waals surface area (Å²) in [5, 5.41) is 13.4. The smallest absolute Gasteiger partial charge is 0.359 e. The zero-order chi connectivity index (χ0) is 36.6. The van der Waals surface area contributed by atoms with E-state index in [1.54, 1.807) is 60.7 Å². The highest BCUT2D eigenvalue weighted by Gasteiger charge is 2.38. The molecule has 0 saturated carbocycles. The number of carboxylic acids is 1. The number of rotatable bonds is 19. The van der Waals surface area contributed by atoms with E-state index in [-0.39, 0.29) is 6.54 Å². The summed E-state index contributed by atoms with van der Waals surface area (Å²) in [6.45, 7) is 1.20. The molecule has 0 saturated heterocycles. The number of benzene rings is 3. The van der Waals surface area contributed by atoms with Gasteiger partial charge in [-0.05, 0) is 17.5 Å². The largest absolute Gasteiger partial charge is 0.481 e. The highest BCUT2D eigenvalue weighted by Crippen LogP contribution is 2.32. The number of nitrogens with one attached hydrogen (secondary N) is 2. The molecule has 3 N–H and O–H groups in total. The van der Waals surface area contributed by atoms with Crippen LogP contribution in [0.1, 0.15) is 55.7 Å². The zero-order valence-corrected chi connectivity index (χ0v) is 27.0. The highest BCUT2D eigenvalue weighted by molar-refractivity contribution is 5.98. The summed E-state index contributed by atoms with van der Waals surface area (Å²) in [6, 6.07) is 14.4. The molecule has 0 fully saturated rings. The first-order valence-corrected chi connectivity index (χ1v) is 15.6. The van der Waals surface area contributed by atoms with Gasteiger partial charge >= 0.3 is 17.9 Å². The number of hydrogen-bond donors (Lipinski definition) is 3. The summed E-state index contributed by atoms with van der Waals surface area (Å²) in [5.41, 5.74) is -0.375. The molecule has 0 spiro atoms. The van der Waals surface area contributed by atoms with Crippen LogP contribution in [0.15, 0.2) is 60.7 Å². The van der Waals surface area contributed by atoms with Gasteiger partial charge in [-0.2, -0.15) is 8.78 Å². The van der Waals surface area contributed by atoms with Crippen LogP contribution in [0.2, 0.25) is 0 Å². The van der Waals surface area contributed by atoms with Crippen molar-refractivity contribution in [2.75, 3.05) is 6.54 Å². The Kier molecular flexibility index (Phi) is 15.2. The van der Waals surface area contributed by atoms with E-state index < -0.39 is 109 Å². The Balaban J connectivity index is 1.90. The second-order valence-electron chi connectivity index (χ2n) is 11.0. The summed E-state index contributed by atoms with van der Waals surface area (Å²) >= 11 is 0. The van der Waals surface area contributed by atoms with E-state index >= 15 is 17.6 Å². The Bertz CT molecular complexity index is 1560. The highest BCUT2D eigenvalue weighted by atomic mass is 19.2. The second kappa shape index (κ2) is 19.5. The fourth-order valence-electron chi connectivity index (χ4n) is 4.47. The molecule has 0 heterocycles. The van der Waals surface area contributed by atoms with E-state index in [1.807, 2.05) is 6.92 Å². The van der Waals surface area contributed by atoms with E-state index in [1.165, 1.54) is 0 Å². The van der Waals surface area contributed by atoms with Gasteiger partial charge in [-0.3, -0.25) is 14.4 Å². The lowest BCUT2D eigenvalue weighted by atomic mass is 10.0. The Morgan fingerprint density at radius 2 is 1.26 bits per heavy atom. The number of aliphatic carboxylic acids is 1. The molecule has 268 valence electrons. The van der Waals surface area contributed by atoms with Crippen molar-refractivity contribution in [2.24, 2.45) is 0 Å². The Morgan fingerprint density at radius 1 is 0.740 bits per heavy atom. The van der Waals surface area contributed by atoms with Crippen molar-refractivity contribution in [3.8, 4) is 5.75 Å². The van der Waals surface area contributed by atoms with Crippen molar-refractivity contribution >= 4 is 29.7 Å². The van der Waals surface area contributed by atoms with Crippen LogP contribution in [0, 0.1) is 23.3 Å². The minimum absolute atomic E-state index is 0.108. The molecule has 0 aromatic heterocycles. The maximum absolute atomic E-state index is 15.4. The maximum Gasteiger partial charge on any atom is 0.359 e. The van der Waals surface area contributed by atoms with Crippen molar-refractivity contribution in [3.05, 3.63) is 101 Å². The van der Waals surface area contributed by atoms with Crippen LogP contribution in [0.5, 0.6) is 5.75 Å². The molecule has 15 heteroatoms. The average molecular weight is 705 g/mol. The molecule has 11 nitrogen and oxygen atoms in total. The molecule has 0 aliphatic heterocycles. The average Bonchev–Trinajstić information content (AvgIpc) is 3.11. The number of ether oxygens (including phenoxy) is 3. The quantitative estimate of drug-likeness (QED) is 0.0530.